The SMILES string of the molecule is CCCNC(=O)[C@H](Cc1ccccc1)N(Cc1ccccc1F)C(=O)CN(c1ccccc1)S(=O)(=O)c1ccc(OC)c(OC)c1. The van der Waals surface area contributed by atoms with Crippen LogP contribution in [0.3, 0.4) is 0 Å². The smallest absolute Gasteiger partial charge is 0.264 e. The van der Waals surface area contributed by atoms with Crippen molar-refractivity contribution in [3.8, 4) is 11.5 Å². The van der Waals surface area contributed by atoms with E-state index in [1.807, 2.05) is 37.3 Å². The molecule has 0 aliphatic heterocycles. The van der Waals surface area contributed by atoms with Gasteiger partial charge in [-0.3, -0.25) is 13.9 Å². The highest BCUT2D eigenvalue weighted by molar-refractivity contribution is 7.92. The van der Waals surface area contributed by atoms with Gasteiger partial charge in [-0.1, -0.05) is 73.7 Å². The lowest BCUT2D eigenvalue weighted by atomic mass is 10.0. The molecule has 4 aromatic rings. The Hall–Kier alpha value is -4.90. The van der Waals surface area contributed by atoms with E-state index in [0.717, 1.165) is 9.87 Å². The van der Waals surface area contributed by atoms with Gasteiger partial charge in [-0.15, -0.1) is 0 Å². The lowest BCUT2D eigenvalue weighted by Gasteiger charge is -2.34. The van der Waals surface area contributed by atoms with E-state index in [4.69, 9.17) is 9.47 Å². The summed E-state index contributed by atoms with van der Waals surface area (Å²) < 4.78 is 55.1. The van der Waals surface area contributed by atoms with E-state index in [1.54, 1.807) is 36.4 Å². The van der Waals surface area contributed by atoms with Gasteiger partial charge >= 0.3 is 0 Å². The number of anilines is 1. The molecule has 0 aliphatic carbocycles. The van der Waals surface area contributed by atoms with Gasteiger partial charge in [-0.25, -0.2) is 12.8 Å². The minimum Gasteiger partial charge on any atom is -0.493 e. The molecule has 0 saturated heterocycles. The summed E-state index contributed by atoms with van der Waals surface area (Å²) in [6.45, 7) is 1.35. The van der Waals surface area contributed by atoms with Gasteiger partial charge in [-0.05, 0) is 42.3 Å². The quantitative estimate of drug-likeness (QED) is 0.190. The Kier molecular flexibility index (Phi) is 11.7. The Balaban J connectivity index is 1.81. The van der Waals surface area contributed by atoms with Crippen LogP contribution in [0.2, 0.25) is 0 Å². The third-order valence-corrected chi connectivity index (χ3v) is 9.15. The highest BCUT2D eigenvalue weighted by Crippen LogP contribution is 2.32. The van der Waals surface area contributed by atoms with E-state index >= 15 is 4.39 Å². The Morgan fingerprint density at radius 2 is 1.48 bits per heavy atom. The largest absolute Gasteiger partial charge is 0.493 e. The molecule has 1 atom stereocenters. The van der Waals surface area contributed by atoms with Gasteiger partial charge in [-0.2, -0.15) is 0 Å². The first-order valence-electron chi connectivity index (χ1n) is 14.8. The Bertz CT molecular complexity index is 1720. The number of nitrogens with zero attached hydrogens (tertiary/aromatic N) is 2. The van der Waals surface area contributed by atoms with Crippen LogP contribution in [0.5, 0.6) is 11.5 Å². The van der Waals surface area contributed by atoms with Crippen LogP contribution >= 0.6 is 0 Å². The summed E-state index contributed by atoms with van der Waals surface area (Å²) in [6, 6.07) is 26.4. The fraction of sp³-hybridized carbons (Fsp3) is 0.257. The maximum Gasteiger partial charge on any atom is 0.264 e. The zero-order chi connectivity index (χ0) is 33.1. The molecule has 4 aromatic carbocycles. The number of hydrogen-bond acceptors (Lipinski definition) is 6. The number of methoxy groups -OCH3 is 2. The zero-order valence-corrected chi connectivity index (χ0v) is 26.9. The third-order valence-electron chi connectivity index (χ3n) is 7.38. The van der Waals surface area contributed by atoms with Gasteiger partial charge in [0.15, 0.2) is 11.5 Å². The van der Waals surface area contributed by atoms with Crippen LogP contribution in [0.4, 0.5) is 10.1 Å². The number of ether oxygens (including phenoxy) is 2. The number of hydrogen-bond donors (Lipinski definition) is 1. The Morgan fingerprint density at radius 1 is 0.848 bits per heavy atom. The summed E-state index contributed by atoms with van der Waals surface area (Å²) in [5, 5.41) is 2.87. The van der Waals surface area contributed by atoms with Crippen LogP contribution in [0.25, 0.3) is 0 Å². The molecule has 0 heterocycles. The molecule has 0 bridgehead atoms. The van der Waals surface area contributed by atoms with Crippen molar-refractivity contribution < 1.29 is 31.9 Å². The summed E-state index contributed by atoms with van der Waals surface area (Å²) in [5.41, 5.74) is 1.20. The van der Waals surface area contributed by atoms with Crippen molar-refractivity contribution in [3.05, 3.63) is 120 Å². The second kappa shape index (κ2) is 15.9. The first-order valence-corrected chi connectivity index (χ1v) is 16.3. The van der Waals surface area contributed by atoms with Crippen LogP contribution in [0.15, 0.2) is 108 Å². The van der Waals surface area contributed by atoms with E-state index in [2.05, 4.69) is 5.32 Å². The molecule has 0 fully saturated rings. The summed E-state index contributed by atoms with van der Waals surface area (Å²) >= 11 is 0. The number of para-hydroxylation sites is 1. The number of carbonyl (C=O) groups is 2. The fourth-order valence-electron chi connectivity index (χ4n) is 4.96. The maximum absolute atomic E-state index is 15.0. The number of sulfonamides is 1. The van der Waals surface area contributed by atoms with Gasteiger partial charge in [0.25, 0.3) is 10.0 Å². The standard InChI is InChI=1S/C35H38FN3O6S/c1-4-21-37-35(41)31(22-26-13-7-5-8-14-26)38(24-27-15-11-12-18-30(27)36)34(40)25-39(28-16-9-6-10-17-28)46(42,43)29-19-20-32(44-2)33(23-29)45-3/h5-20,23,31H,4,21-22,24-25H2,1-3H3,(H,37,41)/t31-/m0/s1. The minimum atomic E-state index is -4.36. The molecule has 0 saturated carbocycles. The van der Waals surface area contributed by atoms with Crippen LogP contribution in [0.1, 0.15) is 24.5 Å². The normalized spacial score (nSPS) is 11.7. The lowest BCUT2D eigenvalue weighted by Crippen LogP contribution is -2.53. The second-order valence-electron chi connectivity index (χ2n) is 10.5. The van der Waals surface area contributed by atoms with Crippen molar-refractivity contribution >= 4 is 27.5 Å². The topological polar surface area (TPSA) is 105 Å². The summed E-state index contributed by atoms with van der Waals surface area (Å²) in [5.74, 6) is -1.14. The number of benzene rings is 4. The molecule has 4 rings (SSSR count). The maximum atomic E-state index is 15.0. The summed E-state index contributed by atoms with van der Waals surface area (Å²) in [4.78, 5) is 29.2. The second-order valence-corrected chi connectivity index (χ2v) is 12.3. The van der Waals surface area contributed by atoms with Crippen molar-refractivity contribution in [2.75, 3.05) is 31.6 Å². The monoisotopic (exact) mass is 647 g/mol. The van der Waals surface area contributed by atoms with Crippen LogP contribution in [-0.4, -0.2) is 58.5 Å². The Morgan fingerprint density at radius 3 is 2.11 bits per heavy atom. The molecule has 0 aromatic heterocycles. The molecule has 0 aliphatic rings. The van der Waals surface area contributed by atoms with E-state index in [-0.39, 0.29) is 34.9 Å². The van der Waals surface area contributed by atoms with Crippen molar-refractivity contribution in [2.45, 2.75) is 37.2 Å². The lowest BCUT2D eigenvalue weighted by molar-refractivity contribution is -0.140. The van der Waals surface area contributed by atoms with Gasteiger partial charge in [0.1, 0.15) is 18.4 Å². The fourth-order valence-corrected chi connectivity index (χ4v) is 6.39. The molecule has 2 amide bonds. The zero-order valence-electron chi connectivity index (χ0n) is 26.1. The first-order chi connectivity index (χ1) is 22.2. The van der Waals surface area contributed by atoms with Crippen molar-refractivity contribution in [1.29, 1.82) is 0 Å². The van der Waals surface area contributed by atoms with Gasteiger partial charge in [0.05, 0.1) is 24.8 Å². The van der Waals surface area contributed by atoms with E-state index in [1.165, 1.54) is 55.5 Å². The predicted octanol–water partition coefficient (Wildman–Crippen LogP) is 5.20. The Labute approximate surface area is 269 Å². The van der Waals surface area contributed by atoms with Gasteiger partial charge in [0, 0.05) is 31.1 Å². The average Bonchev–Trinajstić information content (AvgIpc) is 3.08. The molecule has 0 radical (unpaired) electrons. The molecule has 1 N–H and O–H groups in total. The van der Waals surface area contributed by atoms with Crippen LogP contribution in [-0.2, 0) is 32.6 Å². The number of rotatable bonds is 15. The molecule has 242 valence electrons. The minimum absolute atomic E-state index is 0.129. The van der Waals surface area contributed by atoms with Crippen molar-refractivity contribution in [1.82, 2.24) is 10.2 Å². The molecule has 11 heteroatoms. The highest BCUT2D eigenvalue weighted by atomic mass is 32.2. The average molecular weight is 648 g/mol. The predicted molar refractivity (Wildman–Crippen MR) is 175 cm³/mol. The third kappa shape index (κ3) is 8.22. The number of carbonyl (C=O) groups excluding carboxylic acids is 2. The van der Waals surface area contributed by atoms with Crippen molar-refractivity contribution in [2.24, 2.45) is 0 Å². The molecular weight excluding hydrogens is 609 g/mol. The number of halogens is 1. The van der Waals surface area contributed by atoms with E-state index in [0.29, 0.717) is 18.7 Å². The van der Waals surface area contributed by atoms with Gasteiger partial charge < -0.3 is 19.7 Å². The number of nitrogens with one attached hydrogen (secondary N) is 1. The summed E-state index contributed by atoms with van der Waals surface area (Å²) in [7, 11) is -1.53. The van der Waals surface area contributed by atoms with E-state index in [9.17, 15) is 18.0 Å². The highest BCUT2D eigenvalue weighted by Gasteiger charge is 2.35. The molecule has 0 spiro atoms. The number of amides is 2. The molecule has 9 nitrogen and oxygen atoms in total. The summed E-state index contributed by atoms with van der Waals surface area (Å²) in [6.07, 6.45) is 0.792. The first kappa shape index (κ1) is 34.0. The van der Waals surface area contributed by atoms with Gasteiger partial charge in [0.2, 0.25) is 11.8 Å². The van der Waals surface area contributed by atoms with Crippen LogP contribution < -0.4 is 19.1 Å². The van der Waals surface area contributed by atoms with E-state index < -0.39 is 40.2 Å². The molecule has 0 unspecified atom stereocenters. The van der Waals surface area contributed by atoms with Crippen molar-refractivity contribution in [3.63, 3.8) is 0 Å². The molecular formula is C35H38FN3O6S. The van der Waals surface area contributed by atoms with Crippen LogP contribution in [0, 0.1) is 5.82 Å². The molecule has 46 heavy (non-hydrogen) atoms.